The largest absolute Gasteiger partial charge is 0.361 e. The number of hydrogen-bond donors (Lipinski definition) is 2. The lowest BCUT2D eigenvalue weighted by atomic mass is 10.2. The Morgan fingerprint density at radius 1 is 1.52 bits per heavy atom. The molecule has 2 aromatic rings. The molecular formula is C13H15N3O3S2. The first kappa shape index (κ1) is 15.7. The topological polar surface area (TPSA) is 98.2 Å². The number of nitrogens with two attached hydrogens (primary N) is 1. The molecule has 0 aliphatic rings. The van der Waals surface area contributed by atoms with Crippen LogP contribution in [0.4, 0.5) is 0 Å². The van der Waals surface area contributed by atoms with E-state index in [0.717, 1.165) is 10.4 Å². The molecule has 0 radical (unpaired) electrons. The summed E-state index contributed by atoms with van der Waals surface area (Å²) in [5.41, 5.74) is 6.51. The van der Waals surface area contributed by atoms with Crippen LogP contribution in [0.3, 0.4) is 0 Å². The monoisotopic (exact) mass is 325 g/mol. The Kier molecular flexibility index (Phi) is 5.14. The molecule has 0 bridgehead atoms. The average molecular weight is 325 g/mol. The van der Waals surface area contributed by atoms with Crippen molar-refractivity contribution in [1.29, 1.82) is 0 Å². The smallest absolute Gasteiger partial charge is 0.217 e. The molecule has 0 aliphatic carbocycles. The predicted molar refractivity (Wildman–Crippen MR) is 81.0 cm³/mol. The van der Waals surface area contributed by atoms with Gasteiger partial charge in [-0.05, 0) is 18.4 Å². The Hall–Kier alpha value is -1.66. The molecule has 0 amide bonds. The van der Waals surface area contributed by atoms with Gasteiger partial charge in [0, 0.05) is 23.1 Å². The zero-order valence-electron chi connectivity index (χ0n) is 11.4. The van der Waals surface area contributed by atoms with E-state index in [1.54, 1.807) is 13.0 Å². The van der Waals surface area contributed by atoms with E-state index in [1.807, 2.05) is 11.4 Å². The standard InChI is InChI=1S/C13H15N3O3S2/c1-10-7-12(16-19-10)9-21(17,18)15-8-13-11(3-2-5-14)4-6-20-13/h4,6-7,15H,5,8-9,14H2,1H3. The second-order valence-electron chi connectivity index (χ2n) is 4.27. The highest BCUT2D eigenvalue weighted by Gasteiger charge is 2.15. The third-order valence-corrected chi connectivity index (χ3v) is 4.72. The number of nitrogens with zero attached hydrogens (tertiary/aromatic N) is 1. The molecule has 0 unspecified atom stereocenters. The van der Waals surface area contributed by atoms with E-state index in [2.05, 4.69) is 21.7 Å². The van der Waals surface area contributed by atoms with Gasteiger partial charge in [0.2, 0.25) is 10.0 Å². The summed E-state index contributed by atoms with van der Waals surface area (Å²) in [5.74, 6) is 6.04. The van der Waals surface area contributed by atoms with Crippen molar-refractivity contribution in [2.75, 3.05) is 6.54 Å². The second kappa shape index (κ2) is 6.87. The van der Waals surface area contributed by atoms with Gasteiger partial charge in [-0.25, -0.2) is 13.1 Å². The van der Waals surface area contributed by atoms with Crippen molar-refractivity contribution in [3.05, 3.63) is 39.4 Å². The van der Waals surface area contributed by atoms with Crippen molar-refractivity contribution < 1.29 is 12.9 Å². The predicted octanol–water partition coefficient (Wildman–Crippen LogP) is 0.974. The van der Waals surface area contributed by atoms with E-state index < -0.39 is 10.0 Å². The minimum Gasteiger partial charge on any atom is -0.361 e. The van der Waals surface area contributed by atoms with E-state index >= 15 is 0 Å². The molecule has 0 aliphatic heterocycles. The molecule has 2 rings (SSSR count). The van der Waals surface area contributed by atoms with Gasteiger partial charge in [-0.3, -0.25) is 0 Å². The van der Waals surface area contributed by atoms with E-state index in [4.69, 9.17) is 10.3 Å². The summed E-state index contributed by atoms with van der Waals surface area (Å²) in [5, 5.41) is 5.54. The minimum absolute atomic E-state index is 0.200. The van der Waals surface area contributed by atoms with Crippen LogP contribution < -0.4 is 10.5 Å². The highest BCUT2D eigenvalue weighted by molar-refractivity contribution is 7.88. The lowest BCUT2D eigenvalue weighted by molar-refractivity contribution is 0.392. The summed E-state index contributed by atoms with van der Waals surface area (Å²) in [7, 11) is -3.47. The van der Waals surface area contributed by atoms with Crippen LogP contribution in [0.25, 0.3) is 0 Å². The number of hydrogen-bond acceptors (Lipinski definition) is 6. The Labute approximate surface area is 127 Å². The molecule has 0 spiro atoms. The molecule has 0 aromatic carbocycles. The van der Waals surface area contributed by atoms with Gasteiger partial charge in [0.05, 0.1) is 6.54 Å². The zero-order chi connectivity index (χ0) is 15.3. The van der Waals surface area contributed by atoms with Crippen molar-refractivity contribution in [1.82, 2.24) is 9.88 Å². The van der Waals surface area contributed by atoms with Gasteiger partial charge < -0.3 is 10.3 Å². The second-order valence-corrected chi connectivity index (χ2v) is 7.08. The fourth-order valence-corrected chi connectivity index (χ4v) is 3.50. The van der Waals surface area contributed by atoms with Crippen LogP contribution in [0.2, 0.25) is 0 Å². The van der Waals surface area contributed by atoms with Crippen LogP contribution in [0.1, 0.15) is 21.9 Å². The number of aromatic nitrogens is 1. The van der Waals surface area contributed by atoms with Crippen LogP contribution in [0.15, 0.2) is 22.0 Å². The molecule has 6 nitrogen and oxygen atoms in total. The number of thiophene rings is 1. The first-order valence-electron chi connectivity index (χ1n) is 6.15. The van der Waals surface area contributed by atoms with E-state index in [-0.39, 0.29) is 18.8 Å². The minimum atomic E-state index is -3.47. The molecule has 0 fully saturated rings. The highest BCUT2D eigenvalue weighted by atomic mass is 32.2. The molecule has 0 atom stereocenters. The van der Waals surface area contributed by atoms with E-state index in [1.165, 1.54) is 11.3 Å². The van der Waals surface area contributed by atoms with Gasteiger partial charge >= 0.3 is 0 Å². The number of aryl methyl sites for hydroxylation is 1. The number of nitrogens with one attached hydrogen (secondary N) is 1. The maximum Gasteiger partial charge on any atom is 0.217 e. The normalized spacial score (nSPS) is 11.1. The third-order valence-electron chi connectivity index (χ3n) is 2.54. The summed E-state index contributed by atoms with van der Waals surface area (Å²) < 4.78 is 31.4. The Morgan fingerprint density at radius 2 is 2.33 bits per heavy atom. The first-order chi connectivity index (χ1) is 10.00. The van der Waals surface area contributed by atoms with Crippen LogP contribution in [0, 0.1) is 18.8 Å². The fourth-order valence-electron chi connectivity index (χ4n) is 1.64. The first-order valence-corrected chi connectivity index (χ1v) is 8.68. The van der Waals surface area contributed by atoms with Crippen LogP contribution >= 0.6 is 11.3 Å². The van der Waals surface area contributed by atoms with E-state index in [9.17, 15) is 8.42 Å². The molecule has 112 valence electrons. The van der Waals surface area contributed by atoms with Crippen molar-refractivity contribution >= 4 is 21.4 Å². The summed E-state index contributed by atoms with van der Waals surface area (Å²) >= 11 is 1.45. The molecule has 2 aromatic heterocycles. The molecule has 0 saturated carbocycles. The average Bonchev–Trinajstić information content (AvgIpc) is 3.02. The molecule has 2 heterocycles. The van der Waals surface area contributed by atoms with Crippen molar-refractivity contribution in [2.24, 2.45) is 5.73 Å². The number of sulfonamides is 1. The van der Waals surface area contributed by atoms with Crippen LogP contribution in [-0.4, -0.2) is 20.1 Å². The van der Waals surface area contributed by atoms with Gasteiger partial charge in [-0.15, -0.1) is 11.3 Å². The van der Waals surface area contributed by atoms with Crippen molar-refractivity contribution in [3.8, 4) is 11.8 Å². The van der Waals surface area contributed by atoms with Crippen LogP contribution in [0.5, 0.6) is 0 Å². The quantitative estimate of drug-likeness (QED) is 0.798. The van der Waals surface area contributed by atoms with Gasteiger partial charge in [0.15, 0.2) is 0 Å². The van der Waals surface area contributed by atoms with Crippen LogP contribution in [-0.2, 0) is 22.3 Å². The maximum absolute atomic E-state index is 12.0. The molecule has 21 heavy (non-hydrogen) atoms. The molecule has 3 N–H and O–H groups in total. The van der Waals surface area contributed by atoms with Gasteiger partial charge in [0.25, 0.3) is 0 Å². The summed E-state index contributed by atoms with van der Waals surface area (Å²) in [6.45, 7) is 2.18. The SMILES string of the molecule is Cc1cc(CS(=O)(=O)NCc2sccc2C#CCN)no1. The summed E-state index contributed by atoms with van der Waals surface area (Å²) in [6, 6.07) is 3.44. The molecular weight excluding hydrogens is 310 g/mol. The number of rotatable bonds is 5. The van der Waals surface area contributed by atoms with Gasteiger partial charge in [-0.2, -0.15) is 0 Å². The fraction of sp³-hybridized carbons (Fsp3) is 0.308. The van der Waals surface area contributed by atoms with Gasteiger partial charge in [0.1, 0.15) is 17.2 Å². The Morgan fingerprint density at radius 3 is 3.00 bits per heavy atom. The Bertz CT molecular complexity index is 766. The molecule has 0 saturated heterocycles. The molecule has 8 heteroatoms. The van der Waals surface area contributed by atoms with E-state index in [0.29, 0.717) is 11.5 Å². The lowest BCUT2D eigenvalue weighted by Crippen LogP contribution is -2.24. The summed E-state index contributed by atoms with van der Waals surface area (Å²) in [6.07, 6.45) is 0. The third kappa shape index (κ3) is 4.68. The zero-order valence-corrected chi connectivity index (χ0v) is 13.1. The summed E-state index contributed by atoms with van der Waals surface area (Å²) in [4.78, 5) is 0.857. The van der Waals surface area contributed by atoms with Crippen molar-refractivity contribution in [3.63, 3.8) is 0 Å². The van der Waals surface area contributed by atoms with Gasteiger partial charge in [-0.1, -0.05) is 17.0 Å². The maximum atomic E-state index is 12.0. The Balaban J connectivity index is 2.00. The highest BCUT2D eigenvalue weighted by Crippen LogP contribution is 2.16. The lowest BCUT2D eigenvalue weighted by Gasteiger charge is -2.04. The van der Waals surface area contributed by atoms with Crippen molar-refractivity contribution in [2.45, 2.75) is 19.2 Å².